The third-order valence-corrected chi connectivity index (χ3v) is 3.32. The number of carbonyl (C=O) groups is 3. The minimum Gasteiger partial charge on any atom is -0.376 e. The molecule has 0 N–H and O–H groups in total. The van der Waals surface area contributed by atoms with E-state index in [2.05, 4.69) is 19.7 Å². The van der Waals surface area contributed by atoms with E-state index in [1.807, 2.05) is 0 Å². The van der Waals surface area contributed by atoms with Crippen LogP contribution in [0.5, 0.6) is 0 Å². The summed E-state index contributed by atoms with van der Waals surface area (Å²) in [5.41, 5.74) is 0.926. The zero-order chi connectivity index (χ0) is 19.9. The van der Waals surface area contributed by atoms with Crippen LogP contribution in [0.4, 0.5) is 0 Å². The lowest BCUT2D eigenvalue weighted by molar-refractivity contribution is -0.128. The number of rotatable bonds is 12. The van der Waals surface area contributed by atoms with E-state index in [0.717, 1.165) is 0 Å². The van der Waals surface area contributed by atoms with Crippen LogP contribution >= 0.6 is 0 Å². The molecule has 0 radical (unpaired) electrons. The number of carbonyl (C=O) groups excluding carboxylic acids is 3. The van der Waals surface area contributed by atoms with Gasteiger partial charge in [-0.3, -0.25) is 14.4 Å². The van der Waals surface area contributed by atoms with Gasteiger partial charge in [0.2, 0.25) is 0 Å². The molecule has 0 bridgehead atoms. The summed E-state index contributed by atoms with van der Waals surface area (Å²) in [5, 5.41) is 0. The minimum atomic E-state index is -1.39. The number of hydrogen-bond donors (Lipinski definition) is 0. The van der Waals surface area contributed by atoms with Crippen molar-refractivity contribution in [3.8, 4) is 0 Å². The van der Waals surface area contributed by atoms with Gasteiger partial charge in [0.05, 0.1) is 0 Å². The fourth-order valence-corrected chi connectivity index (χ4v) is 1.82. The van der Waals surface area contributed by atoms with Gasteiger partial charge in [-0.05, 0) is 58.3 Å². The van der Waals surface area contributed by atoms with Gasteiger partial charge in [-0.1, -0.05) is 19.7 Å². The van der Waals surface area contributed by atoms with Gasteiger partial charge >= 0.3 is 7.32 Å². The van der Waals surface area contributed by atoms with E-state index in [1.54, 1.807) is 20.8 Å². The van der Waals surface area contributed by atoms with Crippen LogP contribution in [-0.4, -0.2) is 43.0 Å². The molecule has 0 spiro atoms. The molecule has 0 saturated carbocycles. The van der Waals surface area contributed by atoms with Gasteiger partial charge in [-0.2, -0.15) is 0 Å². The first-order chi connectivity index (χ1) is 11.4. The Hall–Kier alpha value is -1.83. The van der Waals surface area contributed by atoms with Crippen molar-refractivity contribution < 1.29 is 28.3 Å². The highest BCUT2D eigenvalue weighted by molar-refractivity contribution is 6.38. The fourth-order valence-electron chi connectivity index (χ4n) is 1.82. The number of hydrogen-bond acceptors (Lipinski definition) is 6. The first kappa shape index (κ1) is 23.2. The molecule has 0 rings (SSSR count). The average Bonchev–Trinajstić information content (AvgIpc) is 2.51. The Balaban J connectivity index is 5.22. The molecule has 7 heteroatoms. The first-order valence-corrected chi connectivity index (χ1v) is 7.94. The Labute approximate surface area is 150 Å². The van der Waals surface area contributed by atoms with E-state index >= 15 is 0 Å². The second kappa shape index (κ2) is 10.2. The summed E-state index contributed by atoms with van der Waals surface area (Å²) >= 11 is 0. The van der Waals surface area contributed by atoms with Crippen LogP contribution in [0, 0.1) is 0 Å². The number of ketones is 3. The average molecular weight is 350 g/mol. The molecule has 0 aliphatic carbocycles. The lowest BCUT2D eigenvalue weighted by atomic mass is 10.0. The van der Waals surface area contributed by atoms with Crippen molar-refractivity contribution >= 4 is 24.7 Å². The molecule has 0 aromatic carbocycles. The summed E-state index contributed by atoms with van der Waals surface area (Å²) in [6, 6.07) is 0. The predicted molar refractivity (Wildman–Crippen MR) is 96.9 cm³/mol. The van der Waals surface area contributed by atoms with Crippen molar-refractivity contribution in [1.29, 1.82) is 0 Å². The highest BCUT2D eigenvalue weighted by Gasteiger charge is 2.34. The Morgan fingerprint density at radius 3 is 1.00 bits per heavy atom. The highest BCUT2D eigenvalue weighted by atomic mass is 16.7. The van der Waals surface area contributed by atoms with Gasteiger partial charge in [0, 0.05) is 0 Å². The van der Waals surface area contributed by atoms with Crippen LogP contribution in [0.25, 0.3) is 0 Å². The molecular weight excluding hydrogens is 323 g/mol. The van der Waals surface area contributed by atoms with Gasteiger partial charge in [-0.25, -0.2) is 0 Å². The second-order valence-electron chi connectivity index (χ2n) is 6.06. The standard InChI is InChI=1S/C18H27BO6/c1-10(2)16(20)13(7)23-19(24-14(8)17(21)11(3)4)25-15(9)18(22)12(5)6/h13-15H,1,3,5H2,2,4,6-9H3. The minimum absolute atomic E-state index is 0.309. The monoisotopic (exact) mass is 350 g/mol. The first-order valence-electron chi connectivity index (χ1n) is 7.94. The van der Waals surface area contributed by atoms with Crippen molar-refractivity contribution in [2.75, 3.05) is 0 Å². The Kier molecular flexibility index (Phi) is 9.48. The molecular formula is C18H27BO6. The Morgan fingerprint density at radius 1 is 0.640 bits per heavy atom. The summed E-state index contributed by atoms with van der Waals surface area (Å²) in [6.45, 7) is 19.9. The maximum atomic E-state index is 11.9. The molecule has 0 fully saturated rings. The van der Waals surface area contributed by atoms with Gasteiger partial charge in [0.25, 0.3) is 0 Å². The zero-order valence-electron chi connectivity index (χ0n) is 15.9. The summed E-state index contributed by atoms with van der Waals surface area (Å²) < 4.78 is 16.4. The SMILES string of the molecule is C=C(C)C(=O)C(C)OB(OC(C)C(=O)C(=C)C)OC(C)C(=O)C(=C)C. The quantitative estimate of drug-likeness (QED) is 0.398. The zero-order valence-corrected chi connectivity index (χ0v) is 15.9. The van der Waals surface area contributed by atoms with Crippen molar-refractivity contribution in [3.63, 3.8) is 0 Å². The summed E-state index contributed by atoms with van der Waals surface area (Å²) in [5.74, 6) is -1.01. The normalized spacial score (nSPS) is 14.2. The summed E-state index contributed by atoms with van der Waals surface area (Å²) in [4.78, 5) is 35.8. The molecule has 6 nitrogen and oxygen atoms in total. The van der Waals surface area contributed by atoms with E-state index in [1.165, 1.54) is 20.8 Å². The van der Waals surface area contributed by atoms with Crippen molar-refractivity contribution in [2.45, 2.75) is 59.9 Å². The number of Topliss-reactive ketones (excluding diaryl/α,β-unsaturated/α-hetero) is 3. The predicted octanol–water partition coefficient (Wildman–Crippen LogP) is 2.62. The summed E-state index contributed by atoms with van der Waals surface area (Å²) in [6.07, 6.45) is -2.75. The maximum Gasteiger partial charge on any atom is 0.641 e. The van der Waals surface area contributed by atoms with Crippen molar-refractivity contribution in [3.05, 3.63) is 36.5 Å². The smallest absolute Gasteiger partial charge is 0.376 e. The van der Waals surface area contributed by atoms with E-state index in [4.69, 9.17) is 14.0 Å². The van der Waals surface area contributed by atoms with Crippen molar-refractivity contribution in [2.24, 2.45) is 0 Å². The molecule has 0 aliphatic heterocycles. The van der Waals surface area contributed by atoms with E-state index < -0.39 is 25.6 Å². The van der Waals surface area contributed by atoms with E-state index in [-0.39, 0.29) is 17.3 Å². The fraction of sp³-hybridized carbons (Fsp3) is 0.500. The van der Waals surface area contributed by atoms with Crippen LogP contribution in [0.1, 0.15) is 41.5 Å². The van der Waals surface area contributed by atoms with E-state index in [0.29, 0.717) is 16.7 Å². The van der Waals surface area contributed by atoms with Gasteiger partial charge in [-0.15, -0.1) is 0 Å². The molecule has 138 valence electrons. The van der Waals surface area contributed by atoms with E-state index in [9.17, 15) is 14.4 Å². The molecule has 25 heavy (non-hydrogen) atoms. The molecule has 0 aromatic heterocycles. The lowest BCUT2D eigenvalue weighted by Gasteiger charge is -2.23. The van der Waals surface area contributed by atoms with Gasteiger partial charge in [0.1, 0.15) is 18.3 Å². The summed E-state index contributed by atoms with van der Waals surface area (Å²) in [7, 11) is -1.39. The van der Waals surface area contributed by atoms with Crippen LogP contribution in [0.15, 0.2) is 36.5 Å². The molecule has 0 amide bonds. The topological polar surface area (TPSA) is 78.9 Å². The highest BCUT2D eigenvalue weighted by Crippen LogP contribution is 2.12. The third-order valence-electron chi connectivity index (χ3n) is 3.32. The van der Waals surface area contributed by atoms with Gasteiger partial charge in [0.15, 0.2) is 17.3 Å². The van der Waals surface area contributed by atoms with Crippen LogP contribution in [0.3, 0.4) is 0 Å². The van der Waals surface area contributed by atoms with Crippen molar-refractivity contribution in [1.82, 2.24) is 0 Å². The van der Waals surface area contributed by atoms with Crippen LogP contribution in [0.2, 0.25) is 0 Å². The molecule has 3 atom stereocenters. The molecule has 3 unspecified atom stereocenters. The van der Waals surface area contributed by atoms with Gasteiger partial charge < -0.3 is 14.0 Å². The molecule has 0 aliphatic rings. The lowest BCUT2D eigenvalue weighted by Crippen LogP contribution is -2.42. The van der Waals surface area contributed by atoms with Crippen LogP contribution in [-0.2, 0) is 28.3 Å². The van der Waals surface area contributed by atoms with Crippen LogP contribution < -0.4 is 0 Å². The largest absolute Gasteiger partial charge is 0.641 e. The Bertz CT molecular complexity index is 499. The Morgan fingerprint density at radius 2 is 0.840 bits per heavy atom. The second-order valence-corrected chi connectivity index (χ2v) is 6.06. The third kappa shape index (κ3) is 7.73. The molecule has 0 aromatic rings. The molecule has 0 saturated heterocycles. The maximum absolute atomic E-state index is 11.9. The molecule has 0 heterocycles.